The van der Waals surface area contributed by atoms with Crippen LogP contribution in [0.25, 0.3) is 0 Å². The van der Waals surface area contributed by atoms with Crippen LogP contribution in [0.3, 0.4) is 0 Å². The summed E-state index contributed by atoms with van der Waals surface area (Å²) in [6, 6.07) is 5.65. The van der Waals surface area contributed by atoms with E-state index in [1.165, 1.54) is 0 Å². The number of aromatic nitrogens is 3. The SMILES string of the molecule is CCOc1cccc(NCc2cnc[nH]2)n1. The Morgan fingerprint density at radius 1 is 1.44 bits per heavy atom. The first kappa shape index (κ1) is 10.5. The number of ether oxygens (including phenoxy) is 1. The van der Waals surface area contributed by atoms with Crippen molar-refractivity contribution in [2.45, 2.75) is 13.5 Å². The third-order valence-corrected chi connectivity index (χ3v) is 2.03. The molecular weight excluding hydrogens is 204 g/mol. The molecule has 2 rings (SSSR count). The lowest BCUT2D eigenvalue weighted by molar-refractivity contribution is 0.327. The van der Waals surface area contributed by atoms with Gasteiger partial charge in [0.1, 0.15) is 5.82 Å². The van der Waals surface area contributed by atoms with Gasteiger partial charge in [-0.1, -0.05) is 6.07 Å². The second-order valence-electron chi connectivity index (χ2n) is 3.22. The summed E-state index contributed by atoms with van der Waals surface area (Å²) >= 11 is 0. The van der Waals surface area contributed by atoms with Gasteiger partial charge in [0.25, 0.3) is 0 Å². The predicted molar refractivity (Wildman–Crippen MR) is 61.3 cm³/mol. The first-order chi connectivity index (χ1) is 7.88. The minimum atomic E-state index is 0.622. The highest BCUT2D eigenvalue weighted by molar-refractivity contribution is 5.37. The standard InChI is InChI=1S/C11H14N4O/c1-2-16-11-5-3-4-10(15-11)13-7-9-6-12-8-14-9/h3-6,8H,2,7H2,1H3,(H,12,14)(H,13,15). The summed E-state index contributed by atoms with van der Waals surface area (Å²) in [4.78, 5) is 11.2. The van der Waals surface area contributed by atoms with Crippen LogP contribution >= 0.6 is 0 Å². The van der Waals surface area contributed by atoms with Gasteiger partial charge in [-0.15, -0.1) is 0 Å². The first-order valence-corrected chi connectivity index (χ1v) is 5.19. The van der Waals surface area contributed by atoms with E-state index >= 15 is 0 Å². The fraction of sp³-hybridized carbons (Fsp3) is 0.273. The minimum Gasteiger partial charge on any atom is -0.478 e. The molecule has 0 fully saturated rings. The van der Waals surface area contributed by atoms with E-state index in [2.05, 4.69) is 20.3 Å². The zero-order chi connectivity index (χ0) is 11.2. The number of rotatable bonds is 5. The predicted octanol–water partition coefficient (Wildman–Crippen LogP) is 1.82. The Bertz CT molecular complexity index is 427. The number of hydrogen-bond donors (Lipinski definition) is 2. The van der Waals surface area contributed by atoms with E-state index in [-0.39, 0.29) is 0 Å². The number of anilines is 1. The highest BCUT2D eigenvalue weighted by atomic mass is 16.5. The molecule has 2 aromatic heterocycles. The molecule has 2 N–H and O–H groups in total. The van der Waals surface area contributed by atoms with Gasteiger partial charge in [0, 0.05) is 12.3 Å². The average molecular weight is 218 g/mol. The number of H-pyrrole nitrogens is 1. The monoisotopic (exact) mass is 218 g/mol. The number of hydrogen-bond acceptors (Lipinski definition) is 4. The van der Waals surface area contributed by atoms with Crippen molar-refractivity contribution < 1.29 is 4.74 Å². The second-order valence-corrected chi connectivity index (χ2v) is 3.22. The maximum absolute atomic E-state index is 5.31. The zero-order valence-corrected chi connectivity index (χ0v) is 9.10. The summed E-state index contributed by atoms with van der Waals surface area (Å²) in [5.74, 6) is 1.43. The van der Waals surface area contributed by atoms with Crippen LogP contribution in [0.1, 0.15) is 12.6 Å². The molecule has 0 aliphatic heterocycles. The Balaban J connectivity index is 1.96. The van der Waals surface area contributed by atoms with Crippen molar-refractivity contribution in [2.24, 2.45) is 0 Å². The van der Waals surface area contributed by atoms with Crippen LogP contribution in [0, 0.1) is 0 Å². The summed E-state index contributed by atoms with van der Waals surface area (Å²) in [7, 11) is 0. The van der Waals surface area contributed by atoms with Crippen molar-refractivity contribution in [3.8, 4) is 5.88 Å². The van der Waals surface area contributed by atoms with Gasteiger partial charge in [-0.05, 0) is 13.0 Å². The molecule has 0 aromatic carbocycles. The molecule has 0 saturated heterocycles. The molecule has 84 valence electrons. The third kappa shape index (κ3) is 2.73. The third-order valence-electron chi connectivity index (χ3n) is 2.03. The number of nitrogens with zero attached hydrogens (tertiary/aromatic N) is 2. The quantitative estimate of drug-likeness (QED) is 0.803. The lowest BCUT2D eigenvalue weighted by Gasteiger charge is -2.06. The van der Waals surface area contributed by atoms with Gasteiger partial charge < -0.3 is 15.0 Å². The number of pyridine rings is 1. The molecule has 0 aliphatic carbocycles. The first-order valence-electron chi connectivity index (χ1n) is 5.19. The fourth-order valence-electron chi connectivity index (χ4n) is 1.31. The van der Waals surface area contributed by atoms with Gasteiger partial charge in [0.15, 0.2) is 0 Å². The Morgan fingerprint density at radius 3 is 3.12 bits per heavy atom. The van der Waals surface area contributed by atoms with Crippen molar-refractivity contribution in [3.05, 3.63) is 36.4 Å². The topological polar surface area (TPSA) is 62.8 Å². The Hall–Kier alpha value is -2.04. The molecule has 16 heavy (non-hydrogen) atoms. The maximum Gasteiger partial charge on any atom is 0.215 e. The van der Waals surface area contributed by atoms with E-state index in [4.69, 9.17) is 4.74 Å². The van der Waals surface area contributed by atoms with E-state index in [1.807, 2.05) is 25.1 Å². The summed E-state index contributed by atoms with van der Waals surface area (Å²) in [5, 5.41) is 3.18. The smallest absolute Gasteiger partial charge is 0.215 e. The van der Waals surface area contributed by atoms with E-state index in [0.29, 0.717) is 19.0 Å². The molecule has 0 radical (unpaired) electrons. The van der Waals surface area contributed by atoms with Gasteiger partial charge in [-0.3, -0.25) is 0 Å². The Morgan fingerprint density at radius 2 is 2.38 bits per heavy atom. The second kappa shape index (κ2) is 5.16. The van der Waals surface area contributed by atoms with Crippen molar-refractivity contribution in [2.75, 3.05) is 11.9 Å². The molecule has 0 unspecified atom stereocenters. The van der Waals surface area contributed by atoms with Gasteiger partial charge >= 0.3 is 0 Å². The summed E-state index contributed by atoms with van der Waals surface area (Å²) in [5.41, 5.74) is 1.02. The van der Waals surface area contributed by atoms with Crippen molar-refractivity contribution >= 4 is 5.82 Å². The van der Waals surface area contributed by atoms with Gasteiger partial charge in [-0.2, -0.15) is 4.98 Å². The molecule has 0 bridgehead atoms. The molecule has 0 aliphatic rings. The fourth-order valence-corrected chi connectivity index (χ4v) is 1.31. The van der Waals surface area contributed by atoms with Gasteiger partial charge in [0.05, 0.1) is 25.2 Å². The van der Waals surface area contributed by atoms with Gasteiger partial charge in [-0.25, -0.2) is 4.98 Å². The zero-order valence-electron chi connectivity index (χ0n) is 9.10. The lowest BCUT2D eigenvalue weighted by Crippen LogP contribution is -2.02. The maximum atomic E-state index is 5.31. The van der Waals surface area contributed by atoms with Gasteiger partial charge in [0.2, 0.25) is 5.88 Å². The highest BCUT2D eigenvalue weighted by Crippen LogP contribution is 2.11. The van der Waals surface area contributed by atoms with E-state index in [9.17, 15) is 0 Å². The lowest BCUT2D eigenvalue weighted by atomic mass is 10.4. The van der Waals surface area contributed by atoms with Crippen LogP contribution in [0.2, 0.25) is 0 Å². The average Bonchev–Trinajstić information content (AvgIpc) is 2.80. The molecule has 0 amide bonds. The highest BCUT2D eigenvalue weighted by Gasteiger charge is 1.98. The number of nitrogens with one attached hydrogen (secondary N) is 2. The van der Waals surface area contributed by atoms with E-state index in [1.54, 1.807) is 12.5 Å². The van der Waals surface area contributed by atoms with Crippen LogP contribution in [-0.2, 0) is 6.54 Å². The van der Waals surface area contributed by atoms with Crippen LogP contribution in [-0.4, -0.2) is 21.6 Å². The molecule has 0 atom stereocenters. The molecule has 2 heterocycles. The molecule has 2 aromatic rings. The summed E-state index contributed by atoms with van der Waals surface area (Å²) in [6.07, 6.45) is 3.43. The summed E-state index contributed by atoms with van der Waals surface area (Å²) in [6.45, 7) is 3.23. The normalized spacial score (nSPS) is 10.1. The largest absolute Gasteiger partial charge is 0.478 e. The van der Waals surface area contributed by atoms with Crippen LogP contribution < -0.4 is 10.1 Å². The van der Waals surface area contributed by atoms with Crippen LogP contribution in [0.4, 0.5) is 5.82 Å². The molecule has 0 saturated carbocycles. The van der Waals surface area contributed by atoms with Crippen molar-refractivity contribution in [1.29, 1.82) is 0 Å². The van der Waals surface area contributed by atoms with E-state index in [0.717, 1.165) is 11.5 Å². The van der Waals surface area contributed by atoms with Crippen molar-refractivity contribution in [1.82, 2.24) is 15.0 Å². The molecule has 5 heteroatoms. The Kier molecular flexibility index (Phi) is 3.38. The molecule has 0 spiro atoms. The number of aromatic amines is 1. The van der Waals surface area contributed by atoms with Crippen molar-refractivity contribution in [3.63, 3.8) is 0 Å². The van der Waals surface area contributed by atoms with E-state index < -0.39 is 0 Å². The van der Waals surface area contributed by atoms with Crippen LogP contribution in [0.15, 0.2) is 30.7 Å². The number of imidazole rings is 1. The van der Waals surface area contributed by atoms with Crippen LogP contribution in [0.5, 0.6) is 5.88 Å². The molecule has 5 nitrogen and oxygen atoms in total. The molecular formula is C11H14N4O. The summed E-state index contributed by atoms with van der Waals surface area (Å²) < 4.78 is 5.31. The Labute approximate surface area is 93.9 Å². The minimum absolute atomic E-state index is 0.622.